The average Bonchev–Trinajstić information content (AvgIpc) is 3.02. The number of fused-ring (bicyclic) bond motifs is 2. The molecule has 1 N–H and O–H groups in total. The summed E-state index contributed by atoms with van der Waals surface area (Å²) in [5, 5.41) is 11.9. The molecule has 1 unspecified atom stereocenters. The minimum atomic E-state index is -0.764. The molecule has 1 aromatic heterocycles. The number of rotatable bonds is 6. The Morgan fingerprint density at radius 1 is 1.12 bits per heavy atom. The molecular formula is C28H31ClN2O3. The number of pyridine rings is 1. The van der Waals surface area contributed by atoms with E-state index in [1.165, 1.54) is 11.1 Å². The van der Waals surface area contributed by atoms with Gasteiger partial charge in [0.25, 0.3) is 0 Å². The first-order valence-electron chi connectivity index (χ1n) is 12.0. The van der Waals surface area contributed by atoms with Crippen molar-refractivity contribution in [1.82, 2.24) is 9.88 Å². The van der Waals surface area contributed by atoms with E-state index in [-0.39, 0.29) is 5.92 Å². The number of hydrogen-bond donors (Lipinski definition) is 1. The zero-order chi connectivity index (χ0) is 23.5. The number of piperidine rings is 1. The van der Waals surface area contributed by atoms with Gasteiger partial charge in [-0.1, -0.05) is 29.8 Å². The van der Waals surface area contributed by atoms with Crippen LogP contribution in [0, 0.1) is 0 Å². The van der Waals surface area contributed by atoms with Crippen LogP contribution in [0.3, 0.4) is 0 Å². The lowest BCUT2D eigenvalue weighted by Crippen LogP contribution is -2.42. The van der Waals surface area contributed by atoms with Gasteiger partial charge in [-0.15, -0.1) is 0 Å². The van der Waals surface area contributed by atoms with Crippen molar-refractivity contribution in [2.24, 2.45) is 0 Å². The number of methoxy groups -OCH3 is 1. The molecule has 0 radical (unpaired) electrons. The Morgan fingerprint density at radius 3 is 2.68 bits per heavy atom. The van der Waals surface area contributed by atoms with Gasteiger partial charge in [0.15, 0.2) is 0 Å². The molecule has 5 nitrogen and oxygen atoms in total. The molecule has 0 aliphatic carbocycles. The van der Waals surface area contributed by atoms with Gasteiger partial charge in [0.05, 0.1) is 18.4 Å². The molecule has 1 fully saturated rings. The van der Waals surface area contributed by atoms with Crippen molar-refractivity contribution in [3.63, 3.8) is 0 Å². The smallest absolute Gasteiger partial charge is 0.131 e. The van der Waals surface area contributed by atoms with Crippen LogP contribution < -0.4 is 9.47 Å². The average molecular weight is 479 g/mol. The number of likely N-dealkylation sites (tertiary alicyclic amines) is 1. The van der Waals surface area contributed by atoms with Gasteiger partial charge in [-0.25, -0.2) is 0 Å². The summed E-state index contributed by atoms with van der Waals surface area (Å²) in [5.41, 5.74) is 3.62. The zero-order valence-corrected chi connectivity index (χ0v) is 20.3. The number of halogens is 1. The molecule has 3 heterocycles. The lowest BCUT2D eigenvalue weighted by Gasteiger charge is -2.38. The van der Waals surface area contributed by atoms with Crippen molar-refractivity contribution in [3.05, 3.63) is 88.2 Å². The maximum Gasteiger partial charge on any atom is 0.131 e. The Kier molecular flexibility index (Phi) is 6.77. The summed E-state index contributed by atoms with van der Waals surface area (Å²) in [7, 11) is 1.70. The second-order valence-corrected chi connectivity index (χ2v) is 9.74. The molecular weight excluding hydrogens is 448 g/mol. The maximum atomic E-state index is 11.2. The van der Waals surface area contributed by atoms with Gasteiger partial charge in [-0.3, -0.25) is 4.98 Å². The first-order valence-corrected chi connectivity index (χ1v) is 12.4. The topological polar surface area (TPSA) is 54.8 Å². The Labute approximate surface area is 206 Å². The van der Waals surface area contributed by atoms with E-state index in [2.05, 4.69) is 22.0 Å². The first-order chi connectivity index (χ1) is 16.6. The molecule has 0 amide bonds. The Bertz CT molecular complexity index is 1130. The van der Waals surface area contributed by atoms with Gasteiger partial charge in [0.1, 0.15) is 18.1 Å². The van der Waals surface area contributed by atoms with Crippen LogP contribution in [-0.4, -0.2) is 41.7 Å². The summed E-state index contributed by atoms with van der Waals surface area (Å²) in [6.07, 6.45) is 5.36. The van der Waals surface area contributed by atoms with E-state index in [0.717, 1.165) is 68.1 Å². The largest absolute Gasteiger partial charge is 0.497 e. The van der Waals surface area contributed by atoms with Crippen LogP contribution in [0.15, 0.2) is 60.8 Å². The number of aromatic nitrogens is 1. The Hall–Kier alpha value is -2.60. The van der Waals surface area contributed by atoms with Gasteiger partial charge in [-0.2, -0.15) is 0 Å². The van der Waals surface area contributed by atoms with Gasteiger partial charge in [0.2, 0.25) is 0 Å². The highest BCUT2D eigenvalue weighted by atomic mass is 35.5. The molecule has 0 saturated carbocycles. The third kappa shape index (κ3) is 4.78. The van der Waals surface area contributed by atoms with Crippen molar-refractivity contribution in [2.75, 3.05) is 26.7 Å². The number of ether oxygens (including phenoxy) is 2. The zero-order valence-electron chi connectivity index (χ0n) is 19.5. The van der Waals surface area contributed by atoms with Crippen LogP contribution in [0.1, 0.15) is 54.0 Å². The predicted octanol–water partition coefficient (Wildman–Crippen LogP) is 5.53. The summed E-state index contributed by atoms with van der Waals surface area (Å²) in [5.74, 6) is 1.97. The van der Waals surface area contributed by atoms with Crippen molar-refractivity contribution >= 4 is 11.6 Å². The van der Waals surface area contributed by atoms with E-state index >= 15 is 0 Å². The fourth-order valence-electron chi connectivity index (χ4n) is 5.28. The summed E-state index contributed by atoms with van der Waals surface area (Å²) >= 11 is 6.02. The third-order valence-electron chi connectivity index (χ3n) is 7.29. The molecule has 34 heavy (non-hydrogen) atoms. The summed E-state index contributed by atoms with van der Waals surface area (Å²) in [6.45, 7) is 3.26. The fraction of sp³-hybridized carbons (Fsp3) is 0.393. The van der Waals surface area contributed by atoms with Gasteiger partial charge >= 0.3 is 0 Å². The van der Waals surface area contributed by atoms with Crippen LogP contribution in [0.2, 0.25) is 5.02 Å². The molecule has 2 aromatic carbocycles. The number of benzene rings is 2. The Morgan fingerprint density at radius 2 is 1.91 bits per heavy atom. The first kappa shape index (κ1) is 23.2. The second kappa shape index (κ2) is 9.95. The van der Waals surface area contributed by atoms with E-state index in [1.54, 1.807) is 7.11 Å². The maximum absolute atomic E-state index is 11.2. The van der Waals surface area contributed by atoms with Crippen LogP contribution in [0.4, 0.5) is 0 Å². The van der Waals surface area contributed by atoms with Crippen molar-refractivity contribution in [2.45, 2.75) is 43.8 Å². The molecule has 1 saturated heterocycles. The quantitative estimate of drug-likeness (QED) is 0.504. The van der Waals surface area contributed by atoms with E-state index in [9.17, 15) is 5.11 Å². The minimum absolute atomic E-state index is 0.215. The highest BCUT2D eigenvalue weighted by molar-refractivity contribution is 6.30. The highest BCUT2D eigenvalue weighted by Crippen LogP contribution is 2.41. The van der Waals surface area contributed by atoms with Crippen LogP contribution in [0.5, 0.6) is 11.5 Å². The fourth-order valence-corrected chi connectivity index (χ4v) is 5.41. The standard InChI is InChI=1S/C28H31ClN2O3/c1-33-22-10-11-27-25(18-22)23(24-4-2-14-30-26(24)19-34-27)5-3-15-31-16-12-28(32,13-17-31)20-6-8-21(29)9-7-20/h2,4,6-11,14,18,23,32H,3,5,12-13,15-17,19H2,1H3. The molecule has 0 bridgehead atoms. The lowest BCUT2D eigenvalue weighted by atomic mass is 9.84. The van der Waals surface area contributed by atoms with Crippen LogP contribution >= 0.6 is 11.6 Å². The summed E-state index contributed by atoms with van der Waals surface area (Å²) in [4.78, 5) is 7.07. The lowest BCUT2D eigenvalue weighted by molar-refractivity contribution is -0.0261. The molecule has 178 valence electrons. The normalized spacial score (nSPS) is 19.4. The van der Waals surface area contributed by atoms with E-state index < -0.39 is 5.60 Å². The molecule has 5 rings (SSSR count). The second-order valence-electron chi connectivity index (χ2n) is 9.31. The van der Waals surface area contributed by atoms with Crippen molar-refractivity contribution < 1.29 is 14.6 Å². The molecule has 1 atom stereocenters. The van der Waals surface area contributed by atoms with Crippen LogP contribution in [-0.2, 0) is 12.2 Å². The number of aliphatic hydroxyl groups is 1. The van der Waals surface area contributed by atoms with E-state index in [4.69, 9.17) is 21.1 Å². The van der Waals surface area contributed by atoms with Crippen molar-refractivity contribution in [3.8, 4) is 11.5 Å². The number of nitrogens with zero attached hydrogens (tertiary/aromatic N) is 2. The molecule has 6 heteroatoms. The monoisotopic (exact) mass is 478 g/mol. The van der Waals surface area contributed by atoms with Gasteiger partial charge in [0, 0.05) is 35.8 Å². The van der Waals surface area contributed by atoms with Crippen LogP contribution in [0.25, 0.3) is 0 Å². The number of hydrogen-bond acceptors (Lipinski definition) is 5. The predicted molar refractivity (Wildman–Crippen MR) is 134 cm³/mol. The highest BCUT2D eigenvalue weighted by Gasteiger charge is 2.34. The minimum Gasteiger partial charge on any atom is -0.497 e. The molecule has 0 spiro atoms. The third-order valence-corrected chi connectivity index (χ3v) is 7.54. The molecule has 2 aliphatic rings. The molecule has 3 aromatic rings. The van der Waals surface area contributed by atoms with Gasteiger partial charge < -0.3 is 19.5 Å². The van der Waals surface area contributed by atoms with E-state index in [0.29, 0.717) is 11.6 Å². The summed E-state index contributed by atoms with van der Waals surface area (Å²) in [6, 6.07) is 17.9. The summed E-state index contributed by atoms with van der Waals surface area (Å²) < 4.78 is 11.6. The van der Waals surface area contributed by atoms with Crippen molar-refractivity contribution in [1.29, 1.82) is 0 Å². The SMILES string of the molecule is COc1ccc2c(c1)C(CCCN1CCC(O)(c3ccc(Cl)cc3)CC1)c1cccnc1CO2. The van der Waals surface area contributed by atoms with Gasteiger partial charge in [-0.05, 0) is 79.8 Å². The van der Waals surface area contributed by atoms with E-state index in [1.807, 2.05) is 48.7 Å². The Balaban J connectivity index is 1.25. The molecule has 2 aliphatic heterocycles.